The highest BCUT2D eigenvalue weighted by Gasteiger charge is 2.12. The Morgan fingerprint density at radius 1 is 1.22 bits per heavy atom. The fourth-order valence-corrected chi connectivity index (χ4v) is 1.72. The second-order valence-corrected chi connectivity index (χ2v) is 4.53. The Morgan fingerprint density at radius 3 is 2.61 bits per heavy atom. The zero-order valence-corrected chi connectivity index (χ0v) is 10.9. The molecule has 2 rings (SSSR count). The molecule has 0 spiro atoms. The summed E-state index contributed by atoms with van der Waals surface area (Å²) in [5, 5.41) is 8.22. The van der Waals surface area contributed by atoms with Gasteiger partial charge in [-0.05, 0) is 13.8 Å². The largest absolute Gasteiger partial charge is 0.461 e. The number of nitrogens with two attached hydrogens (primary N) is 1. The third-order valence-electron chi connectivity index (χ3n) is 1.64. The first kappa shape index (κ1) is 12.6. The molecule has 96 valence electrons. The van der Waals surface area contributed by atoms with Crippen molar-refractivity contribution in [1.82, 2.24) is 25.1 Å². The van der Waals surface area contributed by atoms with E-state index in [9.17, 15) is 0 Å². The molecular weight excluding hydrogens is 256 g/mol. The number of nitrogen functional groups attached to an aromatic ring is 1. The van der Waals surface area contributed by atoms with E-state index < -0.39 is 0 Å². The fraction of sp³-hybridized carbons (Fsp3) is 0.444. The van der Waals surface area contributed by atoms with Gasteiger partial charge in [-0.25, -0.2) is 0 Å². The van der Waals surface area contributed by atoms with Crippen molar-refractivity contribution in [3.63, 3.8) is 0 Å². The Bertz CT molecular complexity index is 544. The number of hydrogen-bond donors (Lipinski definition) is 1. The van der Waals surface area contributed by atoms with Gasteiger partial charge in [0, 0.05) is 18.7 Å². The molecule has 2 aromatic heterocycles. The first-order valence-corrected chi connectivity index (χ1v) is 6.01. The average Bonchev–Trinajstić information content (AvgIpc) is 2.61. The minimum atomic E-state index is -0.0460. The van der Waals surface area contributed by atoms with Crippen molar-refractivity contribution in [2.75, 3.05) is 5.73 Å². The SMILES string of the molecule is Cc1nnc(Sc2nc(N)nc(OC(C)C)n2)o1. The van der Waals surface area contributed by atoms with E-state index in [2.05, 4.69) is 25.1 Å². The first-order chi connectivity index (χ1) is 8.52. The zero-order valence-electron chi connectivity index (χ0n) is 10.1. The molecule has 8 nitrogen and oxygen atoms in total. The van der Waals surface area contributed by atoms with Crippen LogP contribution >= 0.6 is 11.8 Å². The third-order valence-corrected chi connectivity index (χ3v) is 2.34. The summed E-state index contributed by atoms with van der Waals surface area (Å²) in [6.45, 7) is 5.44. The van der Waals surface area contributed by atoms with Gasteiger partial charge in [-0.15, -0.1) is 10.2 Å². The van der Waals surface area contributed by atoms with Crippen molar-refractivity contribution in [2.45, 2.75) is 37.3 Å². The van der Waals surface area contributed by atoms with Crippen LogP contribution in [0.25, 0.3) is 0 Å². The fourth-order valence-electron chi connectivity index (χ4n) is 1.06. The van der Waals surface area contributed by atoms with Crippen LogP contribution in [0.3, 0.4) is 0 Å². The summed E-state index contributed by atoms with van der Waals surface area (Å²) in [6, 6.07) is 0.177. The van der Waals surface area contributed by atoms with Crippen LogP contribution in [0.4, 0.5) is 5.95 Å². The van der Waals surface area contributed by atoms with Gasteiger partial charge in [0.1, 0.15) is 0 Å². The van der Waals surface area contributed by atoms with E-state index in [0.29, 0.717) is 16.3 Å². The van der Waals surface area contributed by atoms with Crippen molar-refractivity contribution in [1.29, 1.82) is 0 Å². The zero-order chi connectivity index (χ0) is 13.1. The highest BCUT2D eigenvalue weighted by molar-refractivity contribution is 7.98. The molecule has 0 aliphatic heterocycles. The molecule has 0 fully saturated rings. The van der Waals surface area contributed by atoms with Crippen molar-refractivity contribution < 1.29 is 9.15 Å². The molecular formula is C9H12N6O2S. The van der Waals surface area contributed by atoms with E-state index in [1.807, 2.05) is 13.8 Å². The number of rotatable bonds is 4. The van der Waals surface area contributed by atoms with Gasteiger partial charge in [0.05, 0.1) is 6.10 Å². The smallest absolute Gasteiger partial charge is 0.322 e. The van der Waals surface area contributed by atoms with E-state index in [1.54, 1.807) is 6.92 Å². The minimum absolute atomic E-state index is 0.0460. The Balaban J connectivity index is 2.19. The lowest BCUT2D eigenvalue weighted by atomic mass is 10.5. The van der Waals surface area contributed by atoms with Crippen LogP contribution < -0.4 is 10.5 Å². The molecule has 0 atom stereocenters. The van der Waals surface area contributed by atoms with Crippen LogP contribution in [0.2, 0.25) is 0 Å². The van der Waals surface area contributed by atoms with E-state index in [4.69, 9.17) is 14.9 Å². The molecule has 0 radical (unpaired) electrons. The number of ether oxygens (including phenoxy) is 1. The Hall–Kier alpha value is -1.90. The normalized spacial score (nSPS) is 10.9. The summed E-state index contributed by atoms with van der Waals surface area (Å²) in [7, 11) is 0. The number of anilines is 1. The molecule has 2 N–H and O–H groups in total. The second-order valence-electron chi connectivity index (χ2n) is 3.61. The quantitative estimate of drug-likeness (QED) is 0.869. The van der Waals surface area contributed by atoms with Crippen LogP contribution in [0.1, 0.15) is 19.7 Å². The lowest BCUT2D eigenvalue weighted by molar-refractivity contribution is 0.219. The maximum absolute atomic E-state index is 5.57. The number of aromatic nitrogens is 5. The highest BCUT2D eigenvalue weighted by atomic mass is 32.2. The van der Waals surface area contributed by atoms with Gasteiger partial charge in [0.2, 0.25) is 17.0 Å². The maximum atomic E-state index is 5.57. The van der Waals surface area contributed by atoms with E-state index >= 15 is 0 Å². The predicted molar refractivity (Wildman–Crippen MR) is 63.2 cm³/mol. The molecule has 0 aromatic carbocycles. The molecule has 0 bridgehead atoms. The minimum Gasteiger partial charge on any atom is -0.461 e. The van der Waals surface area contributed by atoms with Gasteiger partial charge >= 0.3 is 6.01 Å². The van der Waals surface area contributed by atoms with Crippen LogP contribution in [-0.4, -0.2) is 31.3 Å². The Kier molecular flexibility index (Phi) is 3.60. The monoisotopic (exact) mass is 268 g/mol. The van der Waals surface area contributed by atoms with Crippen LogP contribution in [0, 0.1) is 6.92 Å². The first-order valence-electron chi connectivity index (χ1n) is 5.19. The summed E-state index contributed by atoms with van der Waals surface area (Å²) < 4.78 is 10.6. The molecule has 0 aliphatic rings. The molecule has 9 heteroatoms. The van der Waals surface area contributed by atoms with E-state index in [0.717, 1.165) is 11.8 Å². The summed E-state index contributed by atoms with van der Waals surface area (Å²) >= 11 is 1.10. The van der Waals surface area contributed by atoms with Crippen molar-refractivity contribution in [2.24, 2.45) is 0 Å². The summed E-state index contributed by atoms with van der Waals surface area (Å²) in [5.41, 5.74) is 5.57. The topological polar surface area (TPSA) is 113 Å². The number of nitrogens with zero attached hydrogens (tertiary/aromatic N) is 5. The van der Waals surface area contributed by atoms with Gasteiger partial charge < -0.3 is 14.9 Å². The number of hydrogen-bond acceptors (Lipinski definition) is 9. The molecule has 0 amide bonds. The summed E-state index contributed by atoms with van der Waals surface area (Å²) in [6.07, 6.45) is -0.0460. The summed E-state index contributed by atoms with van der Waals surface area (Å²) in [4.78, 5) is 11.9. The average molecular weight is 268 g/mol. The van der Waals surface area contributed by atoms with Crippen molar-refractivity contribution in [3.8, 4) is 6.01 Å². The molecule has 2 aromatic rings. The van der Waals surface area contributed by atoms with E-state index in [-0.39, 0.29) is 18.1 Å². The third kappa shape index (κ3) is 3.29. The number of aryl methyl sites for hydroxylation is 1. The Morgan fingerprint density at radius 2 is 2.00 bits per heavy atom. The summed E-state index contributed by atoms with van der Waals surface area (Å²) in [5.74, 6) is 0.553. The van der Waals surface area contributed by atoms with Crippen LogP contribution in [-0.2, 0) is 0 Å². The van der Waals surface area contributed by atoms with Gasteiger partial charge in [-0.3, -0.25) is 0 Å². The standard InChI is InChI=1S/C9H12N6O2S/c1-4(2)16-7-11-6(10)12-8(13-7)18-9-15-14-5(3)17-9/h4H,1-3H3,(H2,10,11,12,13). The second kappa shape index (κ2) is 5.17. The van der Waals surface area contributed by atoms with E-state index in [1.165, 1.54) is 0 Å². The van der Waals surface area contributed by atoms with Crippen LogP contribution in [0.5, 0.6) is 6.01 Å². The molecule has 2 heterocycles. The highest BCUT2D eigenvalue weighted by Crippen LogP contribution is 2.24. The van der Waals surface area contributed by atoms with Gasteiger partial charge in [-0.1, -0.05) is 0 Å². The lowest BCUT2D eigenvalue weighted by Gasteiger charge is -2.07. The molecule has 0 saturated carbocycles. The molecule has 0 unspecified atom stereocenters. The predicted octanol–water partition coefficient (Wildman–Crippen LogP) is 1.08. The van der Waals surface area contributed by atoms with Crippen molar-refractivity contribution >= 4 is 17.7 Å². The molecule has 0 aliphatic carbocycles. The van der Waals surface area contributed by atoms with Gasteiger partial charge in [-0.2, -0.15) is 15.0 Å². The maximum Gasteiger partial charge on any atom is 0.322 e. The molecule has 18 heavy (non-hydrogen) atoms. The van der Waals surface area contributed by atoms with Crippen LogP contribution in [0.15, 0.2) is 14.8 Å². The molecule has 0 saturated heterocycles. The van der Waals surface area contributed by atoms with Crippen molar-refractivity contribution in [3.05, 3.63) is 5.89 Å². The van der Waals surface area contributed by atoms with Gasteiger partial charge in [0.25, 0.3) is 5.22 Å². The lowest BCUT2D eigenvalue weighted by Crippen LogP contribution is -2.10. The van der Waals surface area contributed by atoms with Gasteiger partial charge in [0.15, 0.2) is 0 Å². The Labute approximate surface area is 107 Å².